The first kappa shape index (κ1) is 19.7. The average Bonchev–Trinajstić information content (AvgIpc) is 3.31. The highest BCUT2D eigenvalue weighted by atomic mass is 15.3. The van der Waals surface area contributed by atoms with Gasteiger partial charge in [0.15, 0.2) is 5.96 Å². The summed E-state index contributed by atoms with van der Waals surface area (Å²) < 4.78 is 0. The first-order valence-corrected chi connectivity index (χ1v) is 10.7. The average molecular weight is 393 g/mol. The Labute approximate surface area is 174 Å². The van der Waals surface area contributed by atoms with E-state index in [-0.39, 0.29) is 0 Å². The second-order valence-electron chi connectivity index (χ2n) is 7.87. The van der Waals surface area contributed by atoms with Gasteiger partial charge < -0.3 is 15.1 Å². The van der Waals surface area contributed by atoms with Crippen LogP contribution in [0.5, 0.6) is 0 Å². The number of hydrogen-bond donors (Lipinski definition) is 1. The summed E-state index contributed by atoms with van der Waals surface area (Å²) in [5, 5.41) is 3.55. The van der Waals surface area contributed by atoms with Gasteiger partial charge in [-0.15, -0.1) is 0 Å². The van der Waals surface area contributed by atoms with Crippen molar-refractivity contribution in [3.63, 3.8) is 0 Å². The van der Waals surface area contributed by atoms with Crippen LogP contribution in [0.3, 0.4) is 0 Å². The Balaban J connectivity index is 1.27. The van der Waals surface area contributed by atoms with Crippen molar-refractivity contribution in [1.82, 2.24) is 20.1 Å². The van der Waals surface area contributed by atoms with Crippen LogP contribution in [0.1, 0.15) is 24.0 Å². The molecule has 0 aliphatic carbocycles. The summed E-state index contributed by atoms with van der Waals surface area (Å²) in [7, 11) is 1.88. The third-order valence-corrected chi connectivity index (χ3v) is 5.82. The van der Waals surface area contributed by atoms with Crippen LogP contribution in [0.25, 0.3) is 0 Å². The van der Waals surface area contributed by atoms with Crippen molar-refractivity contribution in [1.29, 1.82) is 0 Å². The normalized spacial score (nSPS) is 18.3. The van der Waals surface area contributed by atoms with Crippen molar-refractivity contribution in [3.05, 3.63) is 59.8 Å². The fourth-order valence-electron chi connectivity index (χ4n) is 4.16. The number of guanidine groups is 1. The van der Waals surface area contributed by atoms with Gasteiger partial charge >= 0.3 is 0 Å². The predicted molar refractivity (Wildman–Crippen MR) is 119 cm³/mol. The molecule has 29 heavy (non-hydrogen) atoms. The van der Waals surface area contributed by atoms with E-state index < -0.39 is 0 Å². The van der Waals surface area contributed by atoms with E-state index in [4.69, 9.17) is 0 Å². The molecule has 0 saturated carbocycles. The van der Waals surface area contributed by atoms with Gasteiger partial charge in [0.25, 0.3) is 0 Å². The molecule has 0 bridgehead atoms. The van der Waals surface area contributed by atoms with Gasteiger partial charge in [-0.1, -0.05) is 30.3 Å². The molecule has 2 aliphatic heterocycles. The van der Waals surface area contributed by atoms with Crippen molar-refractivity contribution in [2.75, 3.05) is 51.2 Å². The number of rotatable bonds is 5. The third-order valence-electron chi connectivity index (χ3n) is 5.82. The van der Waals surface area contributed by atoms with E-state index in [0.29, 0.717) is 0 Å². The zero-order chi connectivity index (χ0) is 19.9. The monoisotopic (exact) mass is 392 g/mol. The second-order valence-corrected chi connectivity index (χ2v) is 7.87. The van der Waals surface area contributed by atoms with Gasteiger partial charge in [-0.05, 0) is 36.1 Å². The zero-order valence-electron chi connectivity index (χ0n) is 17.4. The molecule has 1 aromatic carbocycles. The number of pyridine rings is 1. The Morgan fingerprint density at radius 1 is 0.966 bits per heavy atom. The van der Waals surface area contributed by atoms with Crippen molar-refractivity contribution >= 4 is 11.8 Å². The molecule has 0 atom stereocenters. The van der Waals surface area contributed by atoms with E-state index in [1.165, 1.54) is 24.0 Å². The molecule has 1 aromatic heterocycles. The molecule has 0 unspecified atom stereocenters. The van der Waals surface area contributed by atoms with Crippen molar-refractivity contribution in [2.24, 2.45) is 4.99 Å². The Hall–Kier alpha value is -2.60. The summed E-state index contributed by atoms with van der Waals surface area (Å²) >= 11 is 0. The minimum atomic E-state index is 0.778. The fourth-order valence-corrected chi connectivity index (χ4v) is 4.16. The molecule has 6 nitrogen and oxygen atoms in total. The van der Waals surface area contributed by atoms with Crippen molar-refractivity contribution in [3.8, 4) is 0 Å². The smallest absolute Gasteiger partial charge is 0.194 e. The van der Waals surface area contributed by atoms with Crippen molar-refractivity contribution in [2.45, 2.75) is 25.9 Å². The number of piperazine rings is 1. The Kier molecular flexibility index (Phi) is 6.62. The molecule has 2 aliphatic rings. The highest BCUT2D eigenvalue weighted by molar-refractivity contribution is 5.80. The molecule has 4 rings (SSSR count). The van der Waals surface area contributed by atoms with E-state index in [1.54, 1.807) is 0 Å². The Morgan fingerprint density at radius 3 is 2.45 bits per heavy atom. The van der Waals surface area contributed by atoms with E-state index >= 15 is 0 Å². The molecule has 0 spiro atoms. The highest BCUT2D eigenvalue weighted by Crippen LogP contribution is 2.18. The van der Waals surface area contributed by atoms with Crippen LogP contribution in [0.15, 0.2) is 53.7 Å². The summed E-state index contributed by atoms with van der Waals surface area (Å²) in [6, 6.07) is 15.0. The number of nitrogens with one attached hydrogen (secondary N) is 1. The quantitative estimate of drug-likeness (QED) is 0.626. The number of aliphatic imine (C=N–C) groups is 1. The lowest BCUT2D eigenvalue weighted by atomic mass is 10.2. The van der Waals surface area contributed by atoms with Gasteiger partial charge in [0.2, 0.25) is 0 Å². The van der Waals surface area contributed by atoms with E-state index in [0.717, 1.165) is 64.1 Å². The topological polar surface area (TPSA) is 47.0 Å². The maximum atomic E-state index is 4.55. The minimum absolute atomic E-state index is 0.778. The second kappa shape index (κ2) is 9.74. The number of anilines is 1. The molecule has 3 heterocycles. The summed E-state index contributed by atoms with van der Waals surface area (Å²) in [6.07, 6.45) is 4.47. The zero-order valence-corrected chi connectivity index (χ0v) is 17.4. The van der Waals surface area contributed by atoms with Crippen LogP contribution in [0.2, 0.25) is 0 Å². The maximum absolute atomic E-state index is 4.55. The molecular formula is C23H32N6. The molecule has 0 amide bonds. The fraction of sp³-hybridized carbons (Fsp3) is 0.478. The van der Waals surface area contributed by atoms with Gasteiger partial charge in [0, 0.05) is 65.6 Å². The Bertz CT molecular complexity index is 792. The highest BCUT2D eigenvalue weighted by Gasteiger charge is 2.20. The minimum Gasteiger partial charge on any atom is -0.357 e. The van der Waals surface area contributed by atoms with Crippen LogP contribution in [-0.2, 0) is 13.1 Å². The number of benzene rings is 1. The van der Waals surface area contributed by atoms with Crippen LogP contribution >= 0.6 is 0 Å². The van der Waals surface area contributed by atoms with Gasteiger partial charge in [0.05, 0.1) is 0 Å². The first-order valence-electron chi connectivity index (χ1n) is 10.7. The number of hydrogen-bond acceptors (Lipinski definition) is 4. The van der Waals surface area contributed by atoms with E-state index in [9.17, 15) is 0 Å². The van der Waals surface area contributed by atoms with Crippen LogP contribution in [0, 0.1) is 0 Å². The molecule has 6 heteroatoms. The van der Waals surface area contributed by atoms with Gasteiger partial charge in [-0.25, -0.2) is 4.98 Å². The predicted octanol–water partition coefficient (Wildman–Crippen LogP) is 2.58. The number of nitrogens with zero attached hydrogens (tertiary/aromatic N) is 5. The SMILES string of the molecule is CN=C(NCc1ccnc(N2CCCC2)c1)N1CCN(Cc2ccccc2)CC1. The van der Waals surface area contributed by atoms with E-state index in [2.05, 4.69) is 72.5 Å². The summed E-state index contributed by atoms with van der Waals surface area (Å²) in [6.45, 7) is 8.17. The molecule has 2 aromatic rings. The lowest BCUT2D eigenvalue weighted by Crippen LogP contribution is -2.52. The number of aromatic nitrogens is 1. The molecule has 0 radical (unpaired) electrons. The van der Waals surface area contributed by atoms with Crippen LogP contribution < -0.4 is 10.2 Å². The molecule has 2 fully saturated rings. The first-order chi connectivity index (χ1) is 14.3. The third kappa shape index (κ3) is 5.26. The van der Waals surface area contributed by atoms with Crippen molar-refractivity contribution < 1.29 is 0 Å². The lowest BCUT2D eigenvalue weighted by Gasteiger charge is -2.36. The molecular weight excluding hydrogens is 360 g/mol. The van der Waals surface area contributed by atoms with E-state index in [1.807, 2.05) is 13.2 Å². The van der Waals surface area contributed by atoms with Gasteiger partial charge in [0.1, 0.15) is 5.82 Å². The molecule has 154 valence electrons. The standard InChI is InChI=1S/C23H32N6/c1-24-23(26-18-21-9-10-25-22(17-21)28-11-5-6-12-28)29-15-13-27(14-16-29)19-20-7-3-2-4-8-20/h2-4,7-10,17H,5-6,11-16,18-19H2,1H3,(H,24,26). The molecule has 2 saturated heterocycles. The summed E-state index contributed by atoms with van der Waals surface area (Å²) in [5.74, 6) is 2.09. The summed E-state index contributed by atoms with van der Waals surface area (Å²) in [5.41, 5.74) is 2.64. The lowest BCUT2D eigenvalue weighted by molar-refractivity contribution is 0.172. The molecule has 1 N–H and O–H groups in total. The Morgan fingerprint density at radius 2 is 1.72 bits per heavy atom. The van der Waals surface area contributed by atoms with Gasteiger partial charge in [-0.3, -0.25) is 9.89 Å². The van der Waals surface area contributed by atoms with Gasteiger partial charge in [-0.2, -0.15) is 0 Å². The maximum Gasteiger partial charge on any atom is 0.194 e. The van der Waals surface area contributed by atoms with Crippen LogP contribution in [0.4, 0.5) is 5.82 Å². The largest absolute Gasteiger partial charge is 0.357 e. The summed E-state index contributed by atoms with van der Waals surface area (Å²) in [4.78, 5) is 16.3. The van der Waals surface area contributed by atoms with Crippen LogP contribution in [-0.4, -0.2) is 67.1 Å².